The molecule has 0 saturated carbocycles. The lowest BCUT2D eigenvalue weighted by Crippen LogP contribution is -2.04. The van der Waals surface area contributed by atoms with Crippen LogP contribution in [-0.2, 0) is 6.42 Å². The Hall–Kier alpha value is -1.80. The molecule has 3 rings (SSSR count). The van der Waals surface area contributed by atoms with E-state index in [1.165, 1.54) is 22.3 Å². The lowest BCUT2D eigenvalue weighted by Gasteiger charge is -2.12. The molecule has 104 valence electrons. The summed E-state index contributed by atoms with van der Waals surface area (Å²) < 4.78 is 5.86. The summed E-state index contributed by atoms with van der Waals surface area (Å²) in [5, 5.41) is 0. The van der Waals surface area contributed by atoms with Crippen LogP contribution in [0.4, 0.5) is 0 Å². The molecule has 0 heterocycles. The molecule has 2 nitrogen and oxygen atoms in total. The highest BCUT2D eigenvalue weighted by Gasteiger charge is 2.19. The largest absolute Gasteiger partial charge is 0.493 e. The number of aryl methyl sites for hydroxylation is 1. The van der Waals surface area contributed by atoms with Crippen molar-refractivity contribution in [2.24, 2.45) is 5.73 Å². The second kappa shape index (κ2) is 5.68. The number of fused-ring (bicyclic) bond motifs is 1. The minimum Gasteiger partial charge on any atom is -0.493 e. The van der Waals surface area contributed by atoms with E-state index in [1.807, 2.05) is 12.1 Å². The summed E-state index contributed by atoms with van der Waals surface area (Å²) in [4.78, 5) is 0. The molecule has 1 atom stereocenters. The van der Waals surface area contributed by atoms with Gasteiger partial charge in [-0.3, -0.25) is 0 Å². The number of hydrogen-bond donors (Lipinski definition) is 1. The van der Waals surface area contributed by atoms with E-state index in [0.29, 0.717) is 0 Å². The Morgan fingerprint density at radius 2 is 2.05 bits per heavy atom. The van der Waals surface area contributed by atoms with E-state index in [2.05, 4.69) is 37.3 Å². The molecular weight excluding hydrogens is 246 g/mol. The number of rotatable bonds is 4. The molecule has 0 spiro atoms. The van der Waals surface area contributed by atoms with Crippen molar-refractivity contribution in [2.75, 3.05) is 6.61 Å². The quantitative estimate of drug-likeness (QED) is 0.905. The fourth-order valence-corrected chi connectivity index (χ4v) is 2.86. The standard InChI is InChI=1S/C18H21NO/c1-2-11-20-18-6-4-3-5-16(18)14-7-9-15-13(12-14)8-10-17(15)19/h3-7,9,12,17H,2,8,10-11,19H2,1H3. The van der Waals surface area contributed by atoms with Crippen LogP contribution in [0.15, 0.2) is 42.5 Å². The fourth-order valence-electron chi connectivity index (χ4n) is 2.86. The zero-order valence-corrected chi connectivity index (χ0v) is 11.9. The maximum Gasteiger partial charge on any atom is 0.127 e. The Morgan fingerprint density at radius 3 is 2.90 bits per heavy atom. The van der Waals surface area contributed by atoms with Crippen LogP contribution in [-0.4, -0.2) is 6.61 Å². The molecule has 0 fully saturated rings. The highest BCUT2D eigenvalue weighted by atomic mass is 16.5. The van der Waals surface area contributed by atoms with E-state index in [4.69, 9.17) is 10.5 Å². The summed E-state index contributed by atoms with van der Waals surface area (Å²) in [5.74, 6) is 0.969. The molecule has 2 N–H and O–H groups in total. The summed E-state index contributed by atoms with van der Waals surface area (Å²) in [7, 11) is 0. The van der Waals surface area contributed by atoms with Crippen molar-refractivity contribution < 1.29 is 4.74 Å². The van der Waals surface area contributed by atoms with Crippen LogP contribution < -0.4 is 10.5 Å². The molecule has 1 aliphatic rings. The topological polar surface area (TPSA) is 35.2 Å². The normalized spacial score (nSPS) is 17.0. The Morgan fingerprint density at radius 1 is 1.20 bits per heavy atom. The van der Waals surface area contributed by atoms with Gasteiger partial charge in [-0.05, 0) is 42.0 Å². The number of ether oxygens (including phenoxy) is 1. The van der Waals surface area contributed by atoms with Crippen molar-refractivity contribution in [1.82, 2.24) is 0 Å². The highest BCUT2D eigenvalue weighted by molar-refractivity contribution is 5.71. The first-order valence-corrected chi connectivity index (χ1v) is 7.40. The van der Waals surface area contributed by atoms with Gasteiger partial charge in [0.1, 0.15) is 5.75 Å². The number of hydrogen-bond acceptors (Lipinski definition) is 2. The first-order chi connectivity index (χ1) is 9.79. The summed E-state index contributed by atoms with van der Waals surface area (Å²) in [5.41, 5.74) is 11.2. The Balaban J connectivity index is 1.97. The van der Waals surface area contributed by atoms with Crippen LogP contribution in [0.3, 0.4) is 0 Å². The van der Waals surface area contributed by atoms with Crippen LogP contribution >= 0.6 is 0 Å². The van der Waals surface area contributed by atoms with E-state index in [9.17, 15) is 0 Å². The van der Waals surface area contributed by atoms with Crippen molar-refractivity contribution >= 4 is 0 Å². The van der Waals surface area contributed by atoms with Gasteiger partial charge in [-0.25, -0.2) is 0 Å². The maximum atomic E-state index is 6.11. The van der Waals surface area contributed by atoms with Gasteiger partial charge < -0.3 is 10.5 Å². The van der Waals surface area contributed by atoms with E-state index in [0.717, 1.165) is 31.6 Å². The average Bonchev–Trinajstić information content (AvgIpc) is 2.86. The van der Waals surface area contributed by atoms with Gasteiger partial charge in [0.05, 0.1) is 6.61 Å². The van der Waals surface area contributed by atoms with E-state index in [-0.39, 0.29) is 6.04 Å². The molecule has 2 aromatic rings. The smallest absolute Gasteiger partial charge is 0.127 e. The predicted octanol–water partition coefficient (Wildman–Crippen LogP) is 4.09. The summed E-state index contributed by atoms with van der Waals surface area (Å²) in [6, 6.07) is 15.1. The highest BCUT2D eigenvalue weighted by Crippen LogP contribution is 2.35. The van der Waals surface area contributed by atoms with Crippen molar-refractivity contribution in [3.05, 3.63) is 53.6 Å². The van der Waals surface area contributed by atoms with Crippen molar-refractivity contribution in [3.8, 4) is 16.9 Å². The second-order valence-electron chi connectivity index (χ2n) is 5.40. The lowest BCUT2D eigenvalue weighted by atomic mass is 9.99. The summed E-state index contributed by atoms with van der Waals surface area (Å²) in [6.45, 7) is 2.88. The molecule has 0 saturated heterocycles. The molecule has 1 aliphatic carbocycles. The van der Waals surface area contributed by atoms with Crippen molar-refractivity contribution in [1.29, 1.82) is 0 Å². The first-order valence-electron chi connectivity index (χ1n) is 7.40. The van der Waals surface area contributed by atoms with Crippen molar-refractivity contribution in [2.45, 2.75) is 32.2 Å². The molecule has 0 amide bonds. The molecule has 1 unspecified atom stereocenters. The molecule has 2 aromatic carbocycles. The van der Waals surface area contributed by atoms with Crippen LogP contribution in [0.2, 0.25) is 0 Å². The van der Waals surface area contributed by atoms with Gasteiger partial charge in [0.25, 0.3) is 0 Å². The van der Waals surface area contributed by atoms with Gasteiger partial charge in [-0.2, -0.15) is 0 Å². The van der Waals surface area contributed by atoms with Crippen molar-refractivity contribution in [3.63, 3.8) is 0 Å². The third kappa shape index (κ3) is 2.44. The van der Waals surface area contributed by atoms with Gasteiger partial charge in [0.2, 0.25) is 0 Å². The van der Waals surface area contributed by atoms with Gasteiger partial charge in [-0.15, -0.1) is 0 Å². The SMILES string of the molecule is CCCOc1ccccc1-c1ccc2c(c1)CCC2N. The fraction of sp³-hybridized carbons (Fsp3) is 0.333. The van der Waals surface area contributed by atoms with Gasteiger partial charge in [0, 0.05) is 11.6 Å². The maximum absolute atomic E-state index is 6.11. The average molecular weight is 267 g/mol. The predicted molar refractivity (Wildman–Crippen MR) is 82.9 cm³/mol. The zero-order chi connectivity index (χ0) is 13.9. The molecule has 20 heavy (non-hydrogen) atoms. The molecular formula is C18H21NO. The van der Waals surface area contributed by atoms with Crippen LogP contribution in [0.25, 0.3) is 11.1 Å². The number of benzene rings is 2. The number of para-hydroxylation sites is 1. The molecule has 0 aromatic heterocycles. The molecule has 0 bridgehead atoms. The number of nitrogens with two attached hydrogens (primary N) is 1. The van der Waals surface area contributed by atoms with Crippen LogP contribution in [0.1, 0.15) is 36.9 Å². The minimum absolute atomic E-state index is 0.214. The Kier molecular flexibility index (Phi) is 3.75. The lowest BCUT2D eigenvalue weighted by molar-refractivity contribution is 0.318. The van der Waals surface area contributed by atoms with E-state index < -0.39 is 0 Å². The molecule has 0 aliphatic heterocycles. The molecule has 2 heteroatoms. The third-order valence-corrected chi connectivity index (χ3v) is 3.93. The van der Waals surface area contributed by atoms with Gasteiger partial charge >= 0.3 is 0 Å². The van der Waals surface area contributed by atoms with Gasteiger partial charge in [0.15, 0.2) is 0 Å². The zero-order valence-electron chi connectivity index (χ0n) is 11.9. The Bertz CT molecular complexity index is 606. The molecule has 0 radical (unpaired) electrons. The van der Waals surface area contributed by atoms with E-state index in [1.54, 1.807) is 0 Å². The van der Waals surface area contributed by atoms with Gasteiger partial charge in [-0.1, -0.05) is 43.3 Å². The van der Waals surface area contributed by atoms with Crippen LogP contribution in [0.5, 0.6) is 5.75 Å². The summed E-state index contributed by atoms with van der Waals surface area (Å²) in [6.07, 6.45) is 3.17. The Labute approximate surface area is 120 Å². The third-order valence-electron chi connectivity index (χ3n) is 3.93. The second-order valence-corrected chi connectivity index (χ2v) is 5.40. The monoisotopic (exact) mass is 267 g/mol. The first kappa shape index (κ1) is 13.2. The minimum atomic E-state index is 0.214. The van der Waals surface area contributed by atoms with Crippen LogP contribution in [0, 0.1) is 0 Å². The van der Waals surface area contributed by atoms with E-state index >= 15 is 0 Å². The summed E-state index contributed by atoms with van der Waals surface area (Å²) >= 11 is 0.